The molecule has 0 radical (unpaired) electrons. The standard InChI is InChI=1S/C11H14N2/c1-3-9(2)13-8-10-4-6-11(12)7-5-10/h3-7H,1,8,12H2,2H3. The topological polar surface area (TPSA) is 38.4 Å². The lowest BCUT2D eigenvalue weighted by atomic mass is 10.2. The fraction of sp³-hybridized carbons (Fsp3) is 0.182. The first-order valence-corrected chi connectivity index (χ1v) is 4.20. The van der Waals surface area contributed by atoms with Crippen LogP contribution in [0, 0.1) is 0 Å². The van der Waals surface area contributed by atoms with Crippen molar-refractivity contribution in [2.24, 2.45) is 4.99 Å². The van der Waals surface area contributed by atoms with E-state index in [0.29, 0.717) is 6.54 Å². The molecule has 13 heavy (non-hydrogen) atoms. The molecule has 0 aromatic heterocycles. The minimum atomic E-state index is 0.693. The number of anilines is 1. The zero-order valence-electron chi connectivity index (χ0n) is 7.83. The fourth-order valence-corrected chi connectivity index (χ4v) is 0.904. The highest BCUT2D eigenvalue weighted by molar-refractivity contribution is 5.92. The molecule has 2 N–H and O–H groups in total. The number of benzene rings is 1. The van der Waals surface area contributed by atoms with E-state index < -0.39 is 0 Å². The van der Waals surface area contributed by atoms with E-state index in [0.717, 1.165) is 17.0 Å². The highest BCUT2D eigenvalue weighted by Gasteiger charge is 1.90. The summed E-state index contributed by atoms with van der Waals surface area (Å²) in [7, 11) is 0. The van der Waals surface area contributed by atoms with Crippen molar-refractivity contribution in [1.82, 2.24) is 0 Å². The number of nitrogen functional groups attached to an aromatic ring is 1. The van der Waals surface area contributed by atoms with Gasteiger partial charge in [0.1, 0.15) is 0 Å². The first kappa shape index (κ1) is 9.52. The van der Waals surface area contributed by atoms with Crippen LogP contribution >= 0.6 is 0 Å². The SMILES string of the molecule is C=CC(C)=NCc1ccc(N)cc1. The Balaban J connectivity index is 2.65. The molecule has 0 spiro atoms. The van der Waals surface area contributed by atoms with E-state index in [1.54, 1.807) is 6.08 Å². The van der Waals surface area contributed by atoms with Crippen LogP contribution < -0.4 is 5.73 Å². The Morgan fingerprint density at radius 1 is 1.46 bits per heavy atom. The van der Waals surface area contributed by atoms with Gasteiger partial charge in [0.15, 0.2) is 0 Å². The zero-order valence-corrected chi connectivity index (χ0v) is 7.83. The average Bonchev–Trinajstić information content (AvgIpc) is 2.16. The van der Waals surface area contributed by atoms with Gasteiger partial charge in [0.25, 0.3) is 0 Å². The summed E-state index contributed by atoms with van der Waals surface area (Å²) in [6.45, 7) is 6.26. The van der Waals surface area contributed by atoms with E-state index in [2.05, 4.69) is 11.6 Å². The summed E-state index contributed by atoms with van der Waals surface area (Å²) in [5.41, 5.74) is 8.46. The maximum absolute atomic E-state index is 5.56. The minimum Gasteiger partial charge on any atom is -0.399 e. The van der Waals surface area contributed by atoms with Crippen LogP contribution in [0.5, 0.6) is 0 Å². The second-order valence-corrected chi connectivity index (χ2v) is 2.90. The smallest absolute Gasteiger partial charge is 0.0642 e. The summed E-state index contributed by atoms with van der Waals surface area (Å²) in [5.74, 6) is 0. The Morgan fingerprint density at radius 3 is 2.62 bits per heavy atom. The molecule has 2 heteroatoms. The van der Waals surface area contributed by atoms with Gasteiger partial charge in [0.05, 0.1) is 6.54 Å². The van der Waals surface area contributed by atoms with Crippen LogP contribution in [-0.4, -0.2) is 5.71 Å². The van der Waals surface area contributed by atoms with Crippen molar-refractivity contribution in [3.05, 3.63) is 42.5 Å². The summed E-state index contributed by atoms with van der Waals surface area (Å²) < 4.78 is 0. The van der Waals surface area contributed by atoms with Crippen molar-refractivity contribution in [3.63, 3.8) is 0 Å². The lowest BCUT2D eigenvalue weighted by Crippen LogP contribution is -1.89. The van der Waals surface area contributed by atoms with Gasteiger partial charge in [-0.3, -0.25) is 4.99 Å². The molecule has 0 amide bonds. The van der Waals surface area contributed by atoms with E-state index in [1.165, 1.54) is 0 Å². The predicted octanol–water partition coefficient (Wildman–Crippen LogP) is 2.42. The molecule has 1 rings (SSSR count). The Hall–Kier alpha value is -1.57. The third-order valence-electron chi connectivity index (χ3n) is 1.79. The number of nitrogens with zero attached hydrogens (tertiary/aromatic N) is 1. The van der Waals surface area contributed by atoms with Gasteiger partial charge in [-0.25, -0.2) is 0 Å². The predicted molar refractivity (Wildman–Crippen MR) is 57.9 cm³/mol. The number of rotatable bonds is 3. The summed E-state index contributed by atoms with van der Waals surface area (Å²) in [4.78, 5) is 4.30. The summed E-state index contributed by atoms with van der Waals surface area (Å²) >= 11 is 0. The van der Waals surface area contributed by atoms with E-state index in [-0.39, 0.29) is 0 Å². The summed E-state index contributed by atoms with van der Waals surface area (Å²) in [6, 6.07) is 7.73. The van der Waals surface area contributed by atoms with Crippen LogP contribution in [0.4, 0.5) is 5.69 Å². The van der Waals surface area contributed by atoms with Gasteiger partial charge in [-0.05, 0) is 30.7 Å². The van der Waals surface area contributed by atoms with Crippen LogP contribution in [0.1, 0.15) is 12.5 Å². The van der Waals surface area contributed by atoms with E-state index in [1.807, 2.05) is 31.2 Å². The molecule has 1 aromatic carbocycles. The first-order chi connectivity index (χ1) is 6.22. The van der Waals surface area contributed by atoms with Crippen LogP contribution in [0.3, 0.4) is 0 Å². The summed E-state index contributed by atoms with van der Waals surface area (Å²) in [5, 5.41) is 0. The van der Waals surface area contributed by atoms with Gasteiger partial charge < -0.3 is 5.73 Å². The van der Waals surface area contributed by atoms with E-state index >= 15 is 0 Å². The van der Waals surface area contributed by atoms with Crippen molar-refractivity contribution in [2.75, 3.05) is 5.73 Å². The number of aliphatic imine (C=N–C) groups is 1. The number of hydrogen-bond acceptors (Lipinski definition) is 2. The lowest BCUT2D eigenvalue weighted by molar-refractivity contribution is 1.07. The maximum atomic E-state index is 5.56. The molecular formula is C11H14N2. The monoisotopic (exact) mass is 174 g/mol. The number of allylic oxidation sites excluding steroid dienone is 1. The van der Waals surface area contributed by atoms with Gasteiger partial charge in [-0.1, -0.05) is 18.7 Å². The highest BCUT2D eigenvalue weighted by atomic mass is 14.7. The van der Waals surface area contributed by atoms with Crippen LogP contribution in [0.15, 0.2) is 41.9 Å². The van der Waals surface area contributed by atoms with E-state index in [4.69, 9.17) is 5.73 Å². The summed E-state index contributed by atoms with van der Waals surface area (Å²) in [6.07, 6.45) is 1.75. The first-order valence-electron chi connectivity index (χ1n) is 4.20. The van der Waals surface area contributed by atoms with Crippen molar-refractivity contribution < 1.29 is 0 Å². The molecule has 1 aromatic rings. The Bertz CT molecular complexity index is 309. The van der Waals surface area contributed by atoms with Crippen molar-refractivity contribution >= 4 is 11.4 Å². The molecule has 0 aliphatic heterocycles. The van der Waals surface area contributed by atoms with Crippen molar-refractivity contribution in [1.29, 1.82) is 0 Å². The van der Waals surface area contributed by atoms with Crippen molar-refractivity contribution in [3.8, 4) is 0 Å². The normalized spacial score (nSPS) is 11.3. The molecule has 0 saturated carbocycles. The molecule has 0 saturated heterocycles. The third-order valence-corrected chi connectivity index (χ3v) is 1.79. The molecule has 0 unspecified atom stereocenters. The average molecular weight is 174 g/mol. The van der Waals surface area contributed by atoms with Gasteiger partial charge in [0.2, 0.25) is 0 Å². The quantitative estimate of drug-likeness (QED) is 0.554. The van der Waals surface area contributed by atoms with Gasteiger partial charge in [-0.2, -0.15) is 0 Å². The van der Waals surface area contributed by atoms with Gasteiger partial charge >= 0.3 is 0 Å². The molecule has 0 bridgehead atoms. The maximum Gasteiger partial charge on any atom is 0.0642 e. The number of nitrogens with two attached hydrogens (primary N) is 1. The largest absolute Gasteiger partial charge is 0.399 e. The lowest BCUT2D eigenvalue weighted by Gasteiger charge is -1.97. The van der Waals surface area contributed by atoms with Crippen LogP contribution in [0.2, 0.25) is 0 Å². The van der Waals surface area contributed by atoms with Crippen LogP contribution in [-0.2, 0) is 6.54 Å². The minimum absolute atomic E-state index is 0.693. The molecule has 68 valence electrons. The Labute approximate surface area is 78.8 Å². The molecule has 0 aliphatic carbocycles. The van der Waals surface area contributed by atoms with Crippen LogP contribution in [0.25, 0.3) is 0 Å². The van der Waals surface area contributed by atoms with Gasteiger partial charge in [-0.15, -0.1) is 0 Å². The Morgan fingerprint density at radius 2 is 2.08 bits per heavy atom. The molecule has 0 heterocycles. The number of hydrogen-bond donors (Lipinski definition) is 1. The Kier molecular flexibility index (Phi) is 3.26. The van der Waals surface area contributed by atoms with Crippen molar-refractivity contribution in [2.45, 2.75) is 13.5 Å². The molecule has 0 atom stereocenters. The molecule has 0 aliphatic rings. The van der Waals surface area contributed by atoms with Gasteiger partial charge in [0, 0.05) is 11.4 Å². The van der Waals surface area contributed by atoms with E-state index in [9.17, 15) is 0 Å². The molecular weight excluding hydrogens is 160 g/mol. The fourth-order valence-electron chi connectivity index (χ4n) is 0.904. The molecule has 2 nitrogen and oxygen atoms in total. The highest BCUT2D eigenvalue weighted by Crippen LogP contribution is 2.06. The molecule has 0 fully saturated rings. The second-order valence-electron chi connectivity index (χ2n) is 2.90. The zero-order chi connectivity index (χ0) is 9.68. The second kappa shape index (κ2) is 4.45. The third kappa shape index (κ3) is 3.11.